The lowest BCUT2D eigenvalue weighted by Gasteiger charge is -2.38. The minimum atomic E-state index is -0.901. The number of alkyl carbamates (subject to hydrolysis) is 1. The van der Waals surface area contributed by atoms with Gasteiger partial charge in [0.25, 0.3) is 5.91 Å². The second-order valence-electron chi connectivity index (χ2n) is 12.0. The zero-order valence-corrected chi connectivity index (χ0v) is 25.3. The van der Waals surface area contributed by atoms with E-state index in [-0.39, 0.29) is 17.9 Å². The Morgan fingerprint density at radius 3 is 1.95 bits per heavy atom. The van der Waals surface area contributed by atoms with Gasteiger partial charge in [0.05, 0.1) is 0 Å². The summed E-state index contributed by atoms with van der Waals surface area (Å²) in [5, 5.41) is 5.79. The molecule has 39 heavy (non-hydrogen) atoms. The zero-order chi connectivity index (χ0) is 29.5. The van der Waals surface area contributed by atoms with Crippen molar-refractivity contribution in [2.45, 2.75) is 106 Å². The van der Waals surface area contributed by atoms with E-state index in [2.05, 4.69) is 24.5 Å². The number of carbonyl (C=O) groups excluding carboxylic acids is 3. The van der Waals surface area contributed by atoms with Crippen LogP contribution in [-0.2, 0) is 14.3 Å². The molecule has 0 aliphatic heterocycles. The number of rotatable bonds is 10. The lowest BCUT2D eigenvalue weighted by molar-refractivity contribution is -0.143. The van der Waals surface area contributed by atoms with Gasteiger partial charge in [0.1, 0.15) is 17.7 Å². The first kappa shape index (κ1) is 31.9. The molecule has 7 nitrogen and oxygen atoms in total. The van der Waals surface area contributed by atoms with Crippen LogP contribution in [-0.4, -0.2) is 40.5 Å². The molecule has 3 unspecified atom stereocenters. The first-order chi connectivity index (χ1) is 18.1. The Kier molecular flexibility index (Phi) is 11.1. The van der Waals surface area contributed by atoms with E-state index in [1.807, 2.05) is 70.2 Å². The number of ether oxygens (including phenoxy) is 1. The summed E-state index contributed by atoms with van der Waals surface area (Å²) in [7, 11) is 0. The fourth-order valence-electron chi connectivity index (χ4n) is 4.47. The Morgan fingerprint density at radius 1 is 0.872 bits per heavy atom. The number of para-hydroxylation sites is 1. The summed E-state index contributed by atoms with van der Waals surface area (Å²) < 4.78 is 5.39. The molecule has 0 aromatic heterocycles. The molecule has 0 fully saturated rings. The van der Waals surface area contributed by atoms with E-state index >= 15 is 0 Å². The minimum Gasteiger partial charge on any atom is -0.444 e. The number of benzene rings is 2. The number of hydrogen-bond acceptors (Lipinski definition) is 4. The van der Waals surface area contributed by atoms with Crippen LogP contribution in [0, 0.1) is 26.7 Å². The molecule has 0 bridgehead atoms. The molecule has 0 heterocycles. The number of carbonyl (C=O) groups is 3. The van der Waals surface area contributed by atoms with E-state index in [0.29, 0.717) is 17.9 Å². The summed E-state index contributed by atoms with van der Waals surface area (Å²) in [5.41, 5.74) is 3.68. The molecular formula is C32H47N3O4. The van der Waals surface area contributed by atoms with Crippen LogP contribution in [0.3, 0.4) is 0 Å². The molecule has 214 valence electrons. The molecule has 2 aromatic carbocycles. The predicted molar refractivity (Wildman–Crippen MR) is 158 cm³/mol. The lowest BCUT2D eigenvalue weighted by atomic mass is 9.96. The molecule has 3 atom stereocenters. The summed E-state index contributed by atoms with van der Waals surface area (Å²) in [6.07, 6.45) is 0.921. The Balaban J connectivity index is 2.55. The maximum atomic E-state index is 14.1. The van der Waals surface area contributed by atoms with E-state index in [1.54, 1.807) is 32.6 Å². The van der Waals surface area contributed by atoms with Crippen molar-refractivity contribution in [3.8, 4) is 0 Å². The third kappa shape index (κ3) is 9.41. The van der Waals surface area contributed by atoms with Crippen LogP contribution in [0.4, 0.5) is 10.5 Å². The van der Waals surface area contributed by atoms with Gasteiger partial charge in [-0.25, -0.2) is 4.79 Å². The molecule has 0 aliphatic carbocycles. The van der Waals surface area contributed by atoms with Crippen molar-refractivity contribution in [3.05, 3.63) is 64.7 Å². The maximum absolute atomic E-state index is 14.1. The number of nitrogens with zero attached hydrogens (tertiary/aromatic N) is 1. The van der Waals surface area contributed by atoms with Gasteiger partial charge >= 0.3 is 6.09 Å². The number of aryl methyl sites for hydroxylation is 3. The van der Waals surface area contributed by atoms with E-state index in [4.69, 9.17) is 4.74 Å². The van der Waals surface area contributed by atoms with Crippen LogP contribution in [0.25, 0.3) is 0 Å². The van der Waals surface area contributed by atoms with Gasteiger partial charge in [0, 0.05) is 11.7 Å². The molecule has 0 spiro atoms. The first-order valence-corrected chi connectivity index (χ1v) is 13.9. The molecule has 0 saturated heterocycles. The van der Waals surface area contributed by atoms with Gasteiger partial charge in [-0.15, -0.1) is 0 Å². The van der Waals surface area contributed by atoms with E-state index in [0.717, 1.165) is 28.8 Å². The molecule has 2 N–H and O–H groups in total. The molecule has 2 aromatic rings. The Hall–Kier alpha value is -3.35. The minimum absolute atomic E-state index is 0.266. The quantitative estimate of drug-likeness (QED) is 0.347. The average Bonchev–Trinajstić information content (AvgIpc) is 2.82. The molecular weight excluding hydrogens is 490 g/mol. The monoisotopic (exact) mass is 537 g/mol. The number of anilines is 1. The van der Waals surface area contributed by atoms with Gasteiger partial charge in [-0.1, -0.05) is 61.9 Å². The van der Waals surface area contributed by atoms with Crippen molar-refractivity contribution in [1.82, 2.24) is 10.2 Å². The third-order valence-electron chi connectivity index (χ3n) is 6.64. The van der Waals surface area contributed by atoms with Crippen molar-refractivity contribution in [3.63, 3.8) is 0 Å². The topological polar surface area (TPSA) is 87.7 Å². The van der Waals surface area contributed by atoms with Crippen molar-refractivity contribution in [1.29, 1.82) is 0 Å². The maximum Gasteiger partial charge on any atom is 0.408 e. The van der Waals surface area contributed by atoms with Gasteiger partial charge in [-0.2, -0.15) is 0 Å². The van der Waals surface area contributed by atoms with Gasteiger partial charge in [0.2, 0.25) is 5.91 Å². The van der Waals surface area contributed by atoms with Crippen LogP contribution in [0.1, 0.15) is 89.6 Å². The third-order valence-corrected chi connectivity index (χ3v) is 6.64. The summed E-state index contributed by atoms with van der Waals surface area (Å²) in [6, 6.07) is 11.5. The van der Waals surface area contributed by atoms with E-state index < -0.39 is 23.8 Å². The van der Waals surface area contributed by atoms with Crippen LogP contribution >= 0.6 is 0 Å². The normalized spacial score (nSPS) is 13.8. The van der Waals surface area contributed by atoms with Crippen molar-refractivity contribution < 1.29 is 19.1 Å². The molecule has 2 rings (SSSR count). The second kappa shape index (κ2) is 13.6. The highest BCUT2D eigenvalue weighted by Crippen LogP contribution is 2.30. The Bertz CT molecular complexity index is 1110. The van der Waals surface area contributed by atoms with E-state index in [9.17, 15) is 14.4 Å². The van der Waals surface area contributed by atoms with Crippen LogP contribution in [0.15, 0.2) is 42.5 Å². The lowest BCUT2D eigenvalue weighted by Crippen LogP contribution is -2.54. The predicted octanol–water partition coefficient (Wildman–Crippen LogP) is 6.86. The highest BCUT2D eigenvalue weighted by Gasteiger charge is 2.37. The molecule has 0 saturated carbocycles. The van der Waals surface area contributed by atoms with Gasteiger partial charge < -0.3 is 20.3 Å². The number of hydrogen-bond donors (Lipinski definition) is 2. The summed E-state index contributed by atoms with van der Waals surface area (Å²) >= 11 is 0. The molecule has 0 radical (unpaired) electrons. The Labute approximate surface area is 234 Å². The summed E-state index contributed by atoms with van der Waals surface area (Å²) in [4.78, 5) is 42.3. The van der Waals surface area contributed by atoms with Crippen LogP contribution in [0.2, 0.25) is 0 Å². The van der Waals surface area contributed by atoms with Gasteiger partial charge in [0.15, 0.2) is 0 Å². The molecule has 7 heteroatoms. The highest BCUT2D eigenvalue weighted by atomic mass is 16.6. The summed E-state index contributed by atoms with van der Waals surface area (Å²) in [5.74, 6) is -0.215. The molecule has 3 amide bonds. The number of amides is 3. The van der Waals surface area contributed by atoms with Crippen LogP contribution in [0.5, 0.6) is 0 Å². The average molecular weight is 538 g/mol. The first-order valence-electron chi connectivity index (χ1n) is 13.9. The fourth-order valence-corrected chi connectivity index (χ4v) is 4.47. The Morgan fingerprint density at radius 2 is 1.44 bits per heavy atom. The van der Waals surface area contributed by atoms with Gasteiger partial charge in [-0.05, 0) is 90.8 Å². The number of nitrogens with one attached hydrogen (secondary N) is 2. The van der Waals surface area contributed by atoms with Crippen molar-refractivity contribution in [2.24, 2.45) is 5.92 Å². The van der Waals surface area contributed by atoms with Crippen molar-refractivity contribution in [2.75, 3.05) is 5.32 Å². The van der Waals surface area contributed by atoms with Gasteiger partial charge in [-0.3, -0.25) is 9.59 Å². The second-order valence-corrected chi connectivity index (χ2v) is 12.0. The molecule has 0 aliphatic rings. The SMILES string of the molecule is Cc1ccc(C(C(=O)Nc2c(C)cccc2C)N(C(=O)C(C)NC(=O)OC(C)(C)C)C(C)CCC(C)C)cc1. The smallest absolute Gasteiger partial charge is 0.408 e. The van der Waals surface area contributed by atoms with E-state index in [1.165, 1.54) is 0 Å². The largest absolute Gasteiger partial charge is 0.444 e. The highest BCUT2D eigenvalue weighted by molar-refractivity contribution is 6.00. The van der Waals surface area contributed by atoms with Crippen LogP contribution < -0.4 is 10.6 Å². The van der Waals surface area contributed by atoms with Crippen molar-refractivity contribution >= 4 is 23.6 Å². The standard InChI is InChI=1S/C32H47N3O4/c1-20(2)14-17-24(6)35(30(37)25(7)33-31(38)39-32(8,9)10)28(26-18-15-21(3)16-19-26)29(36)34-27-22(4)12-11-13-23(27)5/h11-13,15-16,18-20,24-25,28H,14,17H2,1-10H3,(H,33,38)(H,34,36). The summed E-state index contributed by atoms with van der Waals surface area (Å²) in [6.45, 7) is 19.1. The zero-order valence-electron chi connectivity index (χ0n) is 25.3. The fraction of sp³-hybridized carbons (Fsp3) is 0.531.